The highest BCUT2D eigenvalue weighted by molar-refractivity contribution is 5.71. The van der Waals surface area contributed by atoms with Crippen molar-refractivity contribution in [1.29, 1.82) is 0 Å². The van der Waals surface area contributed by atoms with Gasteiger partial charge in [-0.15, -0.1) is 0 Å². The van der Waals surface area contributed by atoms with Gasteiger partial charge in [-0.1, -0.05) is 72.8 Å². The van der Waals surface area contributed by atoms with Crippen molar-refractivity contribution in [2.45, 2.75) is 52.4 Å². The van der Waals surface area contributed by atoms with E-state index in [1.165, 1.54) is 5.69 Å². The Labute approximate surface area is 254 Å². The third-order valence-electron chi connectivity index (χ3n) is 7.37. The summed E-state index contributed by atoms with van der Waals surface area (Å²) in [6, 6.07) is 32.7. The van der Waals surface area contributed by atoms with Gasteiger partial charge in [0.25, 0.3) is 0 Å². The number of carbonyl (C=O) groups is 1. The normalized spacial score (nSPS) is 13.8. The molecule has 0 unspecified atom stereocenters. The average Bonchev–Trinajstić information content (AvgIpc) is 3.02. The topological polar surface area (TPSA) is 72.9 Å². The predicted molar refractivity (Wildman–Crippen MR) is 170 cm³/mol. The molecule has 224 valence electrons. The molecule has 1 aromatic heterocycles. The molecule has 3 aromatic carbocycles. The van der Waals surface area contributed by atoms with E-state index in [9.17, 15) is 4.79 Å². The molecule has 0 radical (unpaired) electrons. The smallest absolute Gasteiger partial charge is 0.407 e. The summed E-state index contributed by atoms with van der Waals surface area (Å²) >= 11 is 0. The number of anilines is 1. The molecule has 7 nitrogen and oxygen atoms in total. The highest BCUT2D eigenvalue weighted by Gasteiger charge is 2.22. The largest absolute Gasteiger partial charge is 0.473 e. The highest BCUT2D eigenvalue weighted by atomic mass is 16.6. The lowest BCUT2D eigenvalue weighted by Crippen LogP contribution is -2.40. The standard InChI is InChI=1S/C36H41N3O4/c1-36(2,3)43-35(40)37-24-27-20-22-39(23-21-27)31-16-14-30(15-17-31)32-18-19-33(41-25-28-10-6-4-7-11-28)38-34(32)42-26-29-12-8-5-9-13-29/h4-19,27H,20-26H2,1-3H3,(H,37,40). The van der Waals surface area contributed by atoms with Crippen LogP contribution >= 0.6 is 0 Å². The minimum Gasteiger partial charge on any atom is -0.473 e. The molecule has 7 heteroatoms. The van der Waals surface area contributed by atoms with E-state index in [4.69, 9.17) is 19.2 Å². The fraction of sp³-hybridized carbons (Fsp3) is 0.333. The molecule has 1 N–H and O–H groups in total. The van der Waals surface area contributed by atoms with Crippen LogP contribution in [0.4, 0.5) is 10.5 Å². The van der Waals surface area contributed by atoms with E-state index in [1.807, 2.05) is 93.6 Å². The van der Waals surface area contributed by atoms with Gasteiger partial charge in [0.05, 0.1) is 0 Å². The minimum atomic E-state index is -0.483. The van der Waals surface area contributed by atoms with Crippen molar-refractivity contribution in [3.05, 3.63) is 108 Å². The number of aromatic nitrogens is 1. The van der Waals surface area contributed by atoms with Crippen molar-refractivity contribution < 1.29 is 19.0 Å². The molecule has 1 aliphatic heterocycles. The highest BCUT2D eigenvalue weighted by Crippen LogP contribution is 2.33. The Hall–Kier alpha value is -4.52. The van der Waals surface area contributed by atoms with Gasteiger partial charge in [0.1, 0.15) is 18.8 Å². The number of pyridine rings is 1. The van der Waals surface area contributed by atoms with Crippen molar-refractivity contribution in [3.63, 3.8) is 0 Å². The van der Waals surface area contributed by atoms with E-state index in [2.05, 4.69) is 34.5 Å². The van der Waals surface area contributed by atoms with Gasteiger partial charge in [-0.3, -0.25) is 0 Å². The van der Waals surface area contributed by atoms with Gasteiger partial charge in [-0.05, 0) is 74.4 Å². The lowest BCUT2D eigenvalue weighted by molar-refractivity contribution is 0.0517. The van der Waals surface area contributed by atoms with Gasteiger partial charge in [0.15, 0.2) is 0 Å². The number of carbonyl (C=O) groups excluding carboxylic acids is 1. The Morgan fingerprint density at radius 1 is 0.814 bits per heavy atom. The number of nitrogens with zero attached hydrogens (tertiary/aromatic N) is 2. The molecule has 2 heterocycles. The summed E-state index contributed by atoms with van der Waals surface area (Å²) in [5.41, 5.74) is 4.81. The van der Waals surface area contributed by atoms with E-state index in [-0.39, 0.29) is 6.09 Å². The zero-order valence-electron chi connectivity index (χ0n) is 25.3. The van der Waals surface area contributed by atoms with E-state index >= 15 is 0 Å². The maximum Gasteiger partial charge on any atom is 0.407 e. The number of piperidine rings is 1. The lowest BCUT2D eigenvalue weighted by atomic mass is 9.96. The molecule has 0 saturated carbocycles. The number of hydrogen-bond donors (Lipinski definition) is 1. The van der Waals surface area contributed by atoms with E-state index in [0.29, 0.717) is 37.4 Å². The van der Waals surface area contributed by atoms with Crippen molar-refractivity contribution in [2.75, 3.05) is 24.5 Å². The summed E-state index contributed by atoms with van der Waals surface area (Å²) in [4.78, 5) is 19.2. The fourth-order valence-corrected chi connectivity index (χ4v) is 5.08. The Balaban J connectivity index is 1.23. The first-order chi connectivity index (χ1) is 20.8. The van der Waals surface area contributed by atoms with E-state index in [0.717, 1.165) is 48.2 Å². The first kappa shape index (κ1) is 30.0. The number of ether oxygens (including phenoxy) is 3. The van der Waals surface area contributed by atoms with E-state index in [1.54, 1.807) is 0 Å². The Morgan fingerprint density at radius 2 is 1.42 bits per heavy atom. The van der Waals surface area contributed by atoms with Crippen molar-refractivity contribution >= 4 is 11.8 Å². The second-order valence-corrected chi connectivity index (χ2v) is 11.9. The molecular formula is C36H41N3O4. The van der Waals surface area contributed by atoms with Crippen molar-refractivity contribution in [2.24, 2.45) is 5.92 Å². The van der Waals surface area contributed by atoms with Crippen LogP contribution in [0.3, 0.4) is 0 Å². The van der Waals surface area contributed by atoms with Crippen molar-refractivity contribution in [1.82, 2.24) is 10.3 Å². The molecule has 1 saturated heterocycles. The minimum absolute atomic E-state index is 0.345. The van der Waals surface area contributed by atoms with Gasteiger partial charge < -0.3 is 24.4 Å². The Bertz CT molecular complexity index is 1450. The van der Waals surface area contributed by atoms with Crippen LogP contribution in [0.1, 0.15) is 44.7 Å². The molecular weight excluding hydrogens is 538 g/mol. The maximum atomic E-state index is 12.0. The zero-order valence-corrected chi connectivity index (χ0v) is 25.3. The monoisotopic (exact) mass is 579 g/mol. The number of nitrogens with one attached hydrogen (secondary N) is 1. The van der Waals surface area contributed by atoms with Crippen LogP contribution in [0.2, 0.25) is 0 Å². The molecule has 0 bridgehead atoms. The first-order valence-electron chi connectivity index (χ1n) is 15.0. The van der Waals surface area contributed by atoms with Crippen molar-refractivity contribution in [3.8, 4) is 22.9 Å². The molecule has 1 fully saturated rings. The molecule has 5 rings (SSSR count). The zero-order chi connectivity index (χ0) is 30.1. The van der Waals surface area contributed by atoms with Gasteiger partial charge in [0, 0.05) is 37.0 Å². The quantitative estimate of drug-likeness (QED) is 0.208. The molecule has 0 aliphatic carbocycles. The predicted octanol–water partition coefficient (Wildman–Crippen LogP) is 7.65. The van der Waals surface area contributed by atoms with Crippen LogP contribution in [0, 0.1) is 5.92 Å². The first-order valence-corrected chi connectivity index (χ1v) is 15.0. The fourth-order valence-electron chi connectivity index (χ4n) is 5.08. The van der Waals surface area contributed by atoms with Crippen LogP contribution < -0.4 is 19.7 Å². The molecule has 0 spiro atoms. The molecule has 43 heavy (non-hydrogen) atoms. The Morgan fingerprint density at radius 3 is 2.02 bits per heavy atom. The van der Waals surface area contributed by atoms with Gasteiger partial charge >= 0.3 is 6.09 Å². The molecule has 0 atom stereocenters. The van der Waals surface area contributed by atoms with Gasteiger partial charge in [-0.25, -0.2) is 4.79 Å². The lowest BCUT2D eigenvalue weighted by Gasteiger charge is -2.34. The third-order valence-corrected chi connectivity index (χ3v) is 7.37. The molecule has 1 amide bonds. The summed E-state index contributed by atoms with van der Waals surface area (Å²) in [6.45, 7) is 9.02. The SMILES string of the molecule is CC(C)(C)OC(=O)NCC1CCN(c2ccc(-c3ccc(OCc4ccccc4)nc3OCc3ccccc3)cc2)CC1. The second-order valence-electron chi connectivity index (χ2n) is 11.9. The number of amides is 1. The summed E-state index contributed by atoms with van der Waals surface area (Å²) in [5.74, 6) is 1.51. The van der Waals surface area contributed by atoms with Crippen LogP contribution in [0.15, 0.2) is 97.1 Å². The van der Waals surface area contributed by atoms with Crippen LogP contribution in [0.5, 0.6) is 11.8 Å². The number of rotatable bonds is 10. The van der Waals surface area contributed by atoms with E-state index < -0.39 is 5.60 Å². The molecule has 1 aliphatic rings. The van der Waals surface area contributed by atoms with Crippen LogP contribution in [-0.2, 0) is 18.0 Å². The van der Waals surface area contributed by atoms with Crippen LogP contribution in [-0.4, -0.2) is 36.3 Å². The third kappa shape index (κ3) is 8.98. The average molecular weight is 580 g/mol. The number of benzene rings is 3. The maximum absolute atomic E-state index is 12.0. The van der Waals surface area contributed by atoms with Gasteiger partial charge in [0.2, 0.25) is 11.8 Å². The summed E-state index contributed by atoms with van der Waals surface area (Å²) in [5, 5.41) is 2.93. The second kappa shape index (κ2) is 14.1. The number of hydrogen-bond acceptors (Lipinski definition) is 6. The summed E-state index contributed by atoms with van der Waals surface area (Å²) < 4.78 is 17.6. The Kier molecular flexibility index (Phi) is 9.82. The van der Waals surface area contributed by atoms with Crippen LogP contribution in [0.25, 0.3) is 11.1 Å². The number of alkyl carbamates (subject to hydrolysis) is 1. The van der Waals surface area contributed by atoms with Gasteiger partial charge in [-0.2, -0.15) is 4.98 Å². The molecule has 4 aromatic rings. The summed E-state index contributed by atoms with van der Waals surface area (Å²) in [7, 11) is 0. The summed E-state index contributed by atoms with van der Waals surface area (Å²) in [6.07, 6.45) is 1.69.